The van der Waals surface area contributed by atoms with E-state index in [1.165, 1.54) is 32.0 Å². The monoisotopic (exact) mass is 540 g/mol. The Morgan fingerprint density at radius 1 is 1.05 bits per heavy atom. The first-order valence-corrected chi connectivity index (χ1v) is 13.5. The maximum absolute atomic E-state index is 13.3. The molecule has 0 aliphatic carbocycles. The molecule has 0 bridgehead atoms. The van der Waals surface area contributed by atoms with Crippen LogP contribution in [0.4, 0.5) is 11.4 Å². The van der Waals surface area contributed by atoms with Gasteiger partial charge >= 0.3 is 5.97 Å². The van der Waals surface area contributed by atoms with Crippen LogP contribution in [-0.2, 0) is 25.2 Å². The lowest BCUT2D eigenvalue weighted by Gasteiger charge is -2.20. The average Bonchev–Trinajstić information content (AvgIpc) is 2.88. The Balaban J connectivity index is 1.58. The van der Waals surface area contributed by atoms with E-state index in [2.05, 4.69) is 10.6 Å². The summed E-state index contributed by atoms with van der Waals surface area (Å²) in [6.07, 6.45) is 1.69. The Hall–Kier alpha value is -3.96. The molecule has 3 aromatic carbocycles. The van der Waals surface area contributed by atoms with Crippen molar-refractivity contribution in [1.82, 2.24) is 0 Å². The number of anilines is 2. The first kappa shape index (κ1) is 26.1. The Labute approximate surface area is 218 Å². The third-order valence-corrected chi connectivity index (χ3v) is 8.24. The van der Waals surface area contributed by atoms with Gasteiger partial charge in [-0.3, -0.25) is 9.59 Å². The average molecular weight is 541 g/mol. The van der Waals surface area contributed by atoms with E-state index in [-0.39, 0.29) is 23.1 Å². The summed E-state index contributed by atoms with van der Waals surface area (Å²) in [7, 11) is -0.834. The molecule has 3 N–H and O–H groups in total. The fourth-order valence-corrected chi connectivity index (χ4v) is 6.17. The highest BCUT2D eigenvalue weighted by atomic mass is 32.2. The first-order valence-electron chi connectivity index (χ1n) is 11.0. The number of carboxylic acids is 1. The lowest BCUT2D eigenvalue weighted by Crippen LogP contribution is -2.18. The number of ether oxygens (including phenoxy) is 2. The SMILES string of the molecule is COc1cccc(OC)c1CS(=O)(=O)c1ccc2c(c1)S/C(=C/c1ccc(NCC(=O)O)cc1)C(=O)N2. The number of nitrogens with one attached hydrogen (secondary N) is 2. The number of hydrogen-bond acceptors (Lipinski definition) is 8. The molecular weight excluding hydrogens is 516 g/mol. The van der Waals surface area contributed by atoms with Crippen LogP contribution in [0.3, 0.4) is 0 Å². The van der Waals surface area contributed by atoms with Crippen molar-refractivity contribution in [3.63, 3.8) is 0 Å². The number of carbonyl (C=O) groups excluding carboxylic acids is 1. The number of sulfone groups is 1. The van der Waals surface area contributed by atoms with E-state index in [0.717, 1.165) is 5.56 Å². The van der Waals surface area contributed by atoms with Gasteiger partial charge in [0.25, 0.3) is 5.91 Å². The fraction of sp³-hybridized carbons (Fsp3) is 0.154. The zero-order valence-corrected chi connectivity index (χ0v) is 21.6. The van der Waals surface area contributed by atoms with Crippen LogP contribution in [0.5, 0.6) is 11.5 Å². The van der Waals surface area contributed by atoms with Crippen LogP contribution in [0, 0.1) is 0 Å². The second-order valence-electron chi connectivity index (χ2n) is 7.99. The molecule has 1 amide bonds. The van der Waals surface area contributed by atoms with Gasteiger partial charge in [-0.05, 0) is 54.1 Å². The molecule has 0 atom stereocenters. The molecular formula is C26H24N2O7S2. The second kappa shape index (κ2) is 11.0. The molecule has 0 spiro atoms. The second-order valence-corrected chi connectivity index (χ2v) is 11.1. The predicted molar refractivity (Wildman–Crippen MR) is 142 cm³/mol. The minimum atomic E-state index is -3.77. The van der Waals surface area contributed by atoms with Crippen LogP contribution in [0.1, 0.15) is 11.1 Å². The van der Waals surface area contributed by atoms with E-state index in [9.17, 15) is 18.0 Å². The van der Waals surface area contributed by atoms with Gasteiger partial charge in [0.1, 0.15) is 18.0 Å². The number of carboxylic acid groups (broad SMARTS) is 1. The molecule has 192 valence electrons. The number of aliphatic carboxylic acids is 1. The van der Waals surface area contributed by atoms with Crippen molar-refractivity contribution in [2.75, 3.05) is 31.4 Å². The standard InChI is InChI=1S/C26H24N2O7S2/c1-34-21-4-3-5-22(35-2)19(21)15-37(32,33)18-10-11-20-23(13-18)36-24(26(31)28-20)12-16-6-8-17(9-7-16)27-14-25(29)30/h3-13,27H,14-15H2,1-2H3,(H,28,31)(H,29,30)/b24-12+. The zero-order chi connectivity index (χ0) is 26.6. The molecule has 37 heavy (non-hydrogen) atoms. The predicted octanol–water partition coefficient (Wildman–Crippen LogP) is 4.26. The summed E-state index contributed by atoms with van der Waals surface area (Å²) in [4.78, 5) is 24.4. The normalized spacial score (nSPS) is 14.0. The molecule has 0 fully saturated rings. The van der Waals surface area contributed by atoms with Crippen LogP contribution >= 0.6 is 11.8 Å². The van der Waals surface area contributed by atoms with Crippen molar-refractivity contribution in [3.8, 4) is 11.5 Å². The summed E-state index contributed by atoms with van der Waals surface area (Å²) >= 11 is 1.17. The molecule has 0 saturated heterocycles. The highest BCUT2D eigenvalue weighted by Gasteiger charge is 2.26. The van der Waals surface area contributed by atoms with Crippen LogP contribution in [0.2, 0.25) is 0 Å². The molecule has 0 aromatic heterocycles. The van der Waals surface area contributed by atoms with Gasteiger partial charge in [-0.2, -0.15) is 0 Å². The highest BCUT2D eigenvalue weighted by molar-refractivity contribution is 8.04. The van der Waals surface area contributed by atoms with Crippen molar-refractivity contribution < 1.29 is 32.6 Å². The number of amides is 1. The van der Waals surface area contributed by atoms with Crippen molar-refractivity contribution in [2.24, 2.45) is 0 Å². The molecule has 0 radical (unpaired) electrons. The number of fused-ring (bicyclic) bond motifs is 1. The van der Waals surface area contributed by atoms with Gasteiger partial charge in [0.2, 0.25) is 0 Å². The first-order chi connectivity index (χ1) is 17.7. The highest BCUT2D eigenvalue weighted by Crippen LogP contribution is 2.41. The minimum Gasteiger partial charge on any atom is -0.496 e. The summed E-state index contributed by atoms with van der Waals surface area (Å²) in [6.45, 7) is -0.204. The lowest BCUT2D eigenvalue weighted by atomic mass is 10.2. The van der Waals surface area contributed by atoms with Crippen molar-refractivity contribution in [3.05, 3.63) is 76.7 Å². The molecule has 9 nitrogen and oxygen atoms in total. The molecule has 3 aromatic rings. The van der Waals surface area contributed by atoms with E-state index >= 15 is 0 Å². The van der Waals surface area contributed by atoms with Crippen molar-refractivity contribution >= 4 is 50.9 Å². The number of hydrogen-bond donors (Lipinski definition) is 3. The Morgan fingerprint density at radius 2 is 1.73 bits per heavy atom. The molecule has 4 rings (SSSR count). The third kappa shape index (κ3) is 6.07. The van der Waals surface area contributed by atoms with E-state index in [1.807, 2.05) is 0 Å². The lowest BCUT2D eigenvalue weighted by molar-refractivity contribution is -0.135. The molecule has 11 heteroatoms. The van der Waals surface area contributed by atoms with E-state index < -0.39 is 15.8 Å². The number of rotatable bonds is 9. The van der Waals surface area contributed by atoms with Crippen molar-refractivity contribution in [2.45, 2.75) is 15.5 Å². The van der Waals surface area contributed by atoms with Crippen molar-refractivity contribution in [1.29, 1.82) is 0 Å². The minimum absolute atomic E-state index is 0.107. The number of thioether (sulfide) groups is 1. The quantitative estimate of drug-likeness (QED) is 0.341. The maximum atomic E-state index is 13.3. The van der Waals surface area contributed by atoms with E-state index in [1.54, 1.807) is 60.7 Å². The van der Waals surface area contributed by atoms with Gasteiger partial charge in [0, 0.05) is 10.6 Å². The Morgan fingerprint density at radius 3 is 2.35 bits per heavy atom. The number of carbonyl (C=O) groups is 2. The maximum Gasteiger partial charge on any atom is 0.322 e. The van der Waals surface area contributed by atoms with Gasteiger partial charge in [0.05, 0.1) is 41.0 Å². The van der Waals surface area contributed by atoms with Crippen LogP contribution < -0.4 is 20.1 Å². The van der Waals surface area contributed by atoms with E-state index in [0.29, 0.717) is 38.2 Å². The largest absolute Gasteiger partial charge is 0.496 e. The summed E-state index contributed by atoms with van der Waals surface area (Å²) < 4.78 is 37.3. The van der Waals surface area contributed by atoms with Gasteiger partial charge in [-0.1, -0.05) is 30.0 Å². The smallest absolute Gasteiger partial charge is 0.322 e. The van der Waals surface area contributed by atoms with Crippen LogP contribution in [0.25, 0.3) is 6.08 Å². The van der Waals surface area contributed by atoms with Gasteiger partial charge < -0.3 is 25.2 Å². The summed E-state index contributed by atoms with van der Waals surface area (Å²) in [5.74, 6) is -0.765. The fourth-order valence-electron chi connectivity index (χ4n) is 3.70. The molecule has 0 unspecified atom stereocenters. The molecule has 1 heterocycles. The number of benzene rings is 3. The summed E-state index contributed by atoms with van der Waals surface area (Å²) in [6, 6.07) is 16.6. The third-order valence-electron chi connectivity index (χ3n) is 5.52. The van der Waals surface area contributed by atoms with E-state index in [4.69, 9.17) is 14.6 Å². The molecule has 1 aliphatic heterocycles. The zero-order valence-electron chi connectivity index (χ0n) is 20.0. The van der Waals surface area contributed by atoms with Crippen LogP contribution in [0.15, 0.2) is 75.4 Å². The van der Waals surface area contributed by atoms with Gasteiger partial charge in [-0.25, -0.2) is 8.42 Å². The van der Waals surface area contributed by atoms with Gasteiger partial charge in [-0.15, -0.1) is 0 Å². The Bertz CT molecular complexity index is 1460. The molecule has 0 saturated carbocycles. The topological polar surface area (TPSA) is 131 Å². The summed E-state index contributed by atoms with van der Waals surface area (Å²) in [5, 5.41) is 14.3. The van der Waals surface area contributed by atoms with Gasteiger partial charge in [0.15, 0.2) is 9.84 Å². The Kier molecular flexibility index (Phi) is 7.74. The van der Waals surface area contributed by atoms with Crippen LogP contribution in [-0.4, -0.2) is 46.2 Å². The summed E-state index contributed by atoms with van der Waals surface area (Å²) in [5.41, 5.74) is 2.31. The molecule has 1 aliphatic rings. The number of methoxy groups -OCH3 is 2.